The van der Waals surface area contributed by atoms with E-state index in [-0.39, 0.29) is 51.4 Å². The molecule has 1 aromatic rings. The molecule has 8 heteroatoms. The molecule has 1 rings (SSSR count). The Bertz CT molecular complexity index is 340. The molecule has 0 saturated heterocycles. The van der Waals surface area contributed by atoms with Crippen molar-refractivity contribution in [2.45, 2.75) is 0 Å². The Kier molecular flexibility index (Phi) is 4.68. The molecule has 13 heavy (non-hydrogen) atoms. The predicted octanol–water partition coefficient (Wildman–Crippen LogP) is -2.65. The third-order valence-corrected chi connectivity index (χ3v) is 1.42. The summed E-state index contributed by atoms with van der Waals surface area (Å²) in [5.41, 5.74) is -1.37. The van der Waals surface area contributed by atoms with Gasteiger partial charge < -0.3 is 17.6 Å². The molecule has 0 unspecified atom stereocenters. The van der Waals surface area contributed by atoms with Crippen molar-refractivity contribution in [1.29, 1.82) is 5.26 Å². The first-order valence-electron chi connectivity index (χ1n) is 3.08. The quantitative estimate of drug-likeness (QED) is 0.478. The largest absolute Gasteiger partial charge is 1.00 e. The molecular formula is C5H4BF3KN3. The summed E-state index contributed by atoms with van der Waals surface area (Å²) in [5.74, 6) is 0. The molecule has 0 aromatic carbocycles. The summed E-state index contributed by atoms with van der Waals surface area (Å²) in [4.78, 5) is 0. The maximum absolute atomic E-state index is 12.2. The van der Waals surface area contributed by atoms with Crippen molar-refractivity contribution in [1.82, 2.24) is 9.78 Å². The minimum atomic E-state index is -5.15. The summed E-state index contributed by atoms with van der Waals surface area (Å²) in [6.07, 6.45) is 0.907. The summed E-state index contributed by atoms with van der Waals surface area (Å²) >= 11 is 0. The van der Waals surface area contributed by atoms with Gasteiger partial charge >= 0.3 is 58.4 Å². The fourth-order valence-corrected chi connectivity index (χ4v) is 0.921. The van der Waals surface area contributed by atoms with Gasteiger partial charge in [-0.1, -0.05) is 0 Å². The van der Waals surface area contributed by atoms with Crippen molar-refractivity contribution in [3.05, 3.63) is 11.8 Å². The van der Waals surface area contributed by atoms with E-state index in [1.165, 1.54) is 6.07 Å². The Morgan fingerprint density at radius 2 is 2.08 bits per heavy atom. The number of hydrogen-bond donors (Lipinski definition) is 0. The van der Waals surface area contributed by atoms with Gasteiger partial charge in [-0.15, -0.1) is 0 Å². The maximum atomic E-state index is 12.2. The Morgan fingerprint density at radius 1 is 1.54 bits per heavy atom. The van der Waals surface area contributed by atoms with Crippen molar-refractivity contribution in [2.24, 2.45) is 7.05 Å². The Balaban J connectivity index is 0.00000144. The molecule has 0 aliphatic rings. The van der Waals surface area contributed by atoms with Crippen LogP contribution < -0.4 is 57.0 Å². The van der Waals surface area contributed by atoms with Crippen LogP contribution in [0.4, 0.5) is 12.9 Å². The van der Waals surface area contributed by atoms with Crippen LogP contribution in [-0.4, -0.2) is 16.8 Å². The second-order valence-electron chi connectivity index (χ2n) is 2.25. The molecule has 0 spiro atoms. The van der Waals surface area contributed by atoms with Gasteiger partial charge in [0.1, 0.15) is 0 Å². The van der Waals surface area contributed by atoms with Gasteiger partial charge in [0.15, 0.2) is 0 Å². The second-order valence-corrected chi connectivity index (χ2v) is 2.25. The van der Waals surface area contributed by atoms with Crippen LogP contribution >= 0.6 is 0 Å². The van der Waals surface area contributed by atoms with E-state index in [0.29, 0.717) is 4.68 Å². The molecule has 1 heterocycles. The molecule has 0 atom stereocenters. The Labute approximate surface area is 115 Å². The maximum Gasteiger partial charge on any atom is 1.00 e. The molecule has 1 aromatic heterocycles. The molecule has 0 bridgehead atoms. The van der Waals surface area contributed by atoms with Crippen LogP contribution in [0, 0.1) is 11.3 Å². The van der Waals surface area contributed by atoms with Crippen LogP contribution in [0.1, 0.15) is 5.56 Å². The van der Waals surface area contributed by atoms with Crippen LogP contribution in [0.3, 0.4) is 0 Å². The summed E-state index contributed by atoms with van der Waals surface area (Å²) in [7, 11) is 1.16. The van der Waals surface area contributed by atoms with Crippen molar-refractivity contribution in [3.63, 3.8) is 0 Å². The van der Waals surface area contributed by atoms with Gasteiger partial charge in [0, 0.05) is 7.05 Å². The molecule has 0 saturated carbocycles. The minimum Gasteiger partial charge on any atom is -0.444 e. The van der Waals surface area contributed by atoms with Gasteiger partial charge in [-0.25, -0.2) is 0 Å². The van der Waals surface area contributed by atoms with Crippen LogP contribution in [0.5, 0.6) is 0 Å². The number of nitriles is 1. The summed E-state index contributed by atoms with van der Waals surface area (Å²) < 4.78 is 37.2. The SMILES string of the molecule is Cn1ncc(C#N)c1[B-](F)(F)F.[K+]. The number of halogens is 3. The molecule has 3 nitrogen and oxygen atoms in total. The average Bonchev–Trinajstić information content (AvgIpc) is 2.29. The second kappa shape index (κ2) is 4.61. The van der Waals surface area contributed by atoms with Crippen molar-refractivity contribution >= 4 is 12.6 Å². The first-order chi connectivity index (χ1) is 5.46. The van der Waals surface area contributed by atoms with Gasteiger partial charge in [-0.2, -0.15) is 10.4 Å². The third-order valence-electron chi connectivity index (χ3n) is 1.42. The van der Waals surface area contributed by atoms with E-state index in [1.807, 2.05) is 0 Å². The van der Waals surface area contributed by atoms with Crippen LogP contribution in [0.25, 0.3) is 0 Å². The van der Waals surface area contributed by atoms with Gasteiger partial charge in [0.2, 0.25) is 0 Å². The van der Waals surface area contributed by atoms with E-state index in [9.17, 15) is 12.9 Å². The Morgan fingerprint density at radius 3 is 2.38 bits per heavy atom. The fraction of sp³-hybridized carbons (Fsp3) is 0.200. The number of aromatic nitrogens is 2. The van der Waals surface area contributed by atoms with E-state index in [1.54, 1.807) is 0 Å². The van der Waals surface area contributed by atoms with Crippen molar-refractivity contribution < 1.29 is 64.3 Å². The summed E-state index contributed by atoms with van der Waals surface area (Å²) in [6, 6.07) is 1.44. The smallest absolute Gasteiger partial charge is 0.444 e. The molecule has 0 aliphatic heterocycles. The van der Waals surface area contributed by atoms with E-state index >= 15 is 0 Å². The molecule has 0 N–H and O–H groups in total. The monoisotopic (exact) mass is 213 g/mol. The predicted molar refractivity (Wildman–Crippen MR) is 36.6 cm³/mol. The Hall–Kier alpha value is 0.191. The number of rotatable bonds is 1. The summed E-state index contributed by atoms with van der Waals surface area (Å²) in [5, 5.41) is 11.6. The van der Waals surface area contributed by atoms with Crippen molar-refractivity contribution in [3.8, 4) is 6.07 Å². The van der Waals surface area contributed by atoms with E-state index < -0.39 is 18.1 Å². The minimum absolute atomic E-state index is 0. The molecule has 64 valence electrons. The van der Waals surface area contributed by atoms with Gasteiger partial charge in [0.25, 0.3) is 0 Å². The zero-order valence-electron chi connectivity index (χ0n) is 7.13. The third kappa shape index (κ3) is 2.82. The topological polar surface area (TPSA) is 41.6 Å². The standard InChI is InChI=1S/C5H4BF3N3.K/c1-12-5(6(7,8)9)4(2-10)3-11-12;/h3H,1H3;/q-1;+1. The fourth-order valence-electron chi connectivity index (χ4n) is 0.921. The number of hydrogen-bond acceptors (Lipinski definition) is 2. The van der Waals surface area contributed by atoms with E-state index in [4.69, 9.17) is 5.26 Å². The van der Waals surface area contributed by atoms with E-state index in [0.717, 1.165) is 13.2 Å². The number of aryl methyl sites for hydroxylation is 1. The van der Waals surface area contributed by atoms with Crippen molar-refractivity contribution in [2.75, 3.05) is 0 Å². The molecule has 0 radical (unpaired) electrons. The van der Waals surface area contributed by atoms with Crippen LogP contribution in [0.2, 0.25) is 0 Å². The normalized spacial score (nSPS) is 10.4. The van der Waals surface area contributed by atoms with Crippen LogP contribution in [0.15, 0.2) is 6.20 Å². The first-order valence-corrected chi connectivity index (χ1v) is 3.08. The van der Waals surface area contributed by atoms with Gasteiger partial charge in [-0.3, -0.25) is 0 Å². The first kappa shape index (κ1) is 13.2. The van der Waals surface area contributed by atoms with Gasteiger partial charge in [-0.05, 0) is 5.59 Å². The average molecular weight is 213 g/mol. The van der Waals surface area contributed by atoms with E-state index in [2.05, 4.69) is 5.10 Å². The zero-order chi connectivity index (χ0) is 9.35. The number of nitrogens with zero attached hydrogens (tertiary/aromatic N) is 3. The molecule has 0 fully saturated rings. The van der Waals surface area contributed by atoms with Gasteiger partial charge in [0.05, 0.1) is 17.8 Å². The van der Waals surface area contributed by atoms with Crippen LogP contribution in [-0.2, 0) is 7.05 Å². The summed E-state index contributed by atoms with van der Waals surface area (Å²) in [6.45, 7) is -5.15. The molecule has 0 amide bonds. The molecule has 0 aliphatic carbocycles. The zero-order valence-corrected chi connectivity index (χ0v) is 10.3. The molecular weight excluding hydrogens is 209 g/mol.